The molecule has 2 aliphatic heterocycles. The summed E-state index contributed by atoms with van der Waals surface area (Å²) in [4.78, 5) is 35.5. The lowest BCUT2D eigenvalue weighted by molar-refractivity contribution is -0.163. The van der Waals surface area contributed by atoms with Gasteiger partial charge in [-0.05, 0) is 62.8 Å². The molecule has 2 aromatic rings. The number of ether oxygens (including phenoxy) is 3. The topological polar surface area (TPSA) is 103 Å². The Morgan fingerprint density at radius 3 is 2.50 bits per heavy atom. The zero-order chi connectivity index (χ0) is 28.9. The van der Waals surface area contributed by atoms with Crippen LogP contribution in [0.2, 0.25) is 0 Å². The first-order valence-electron chi connectivity index (χ1n) is 13.5. The number of benzene rings is 1. The zero-order valence-electron chi connectivity index (χ0n) is 22.9. The monoisotopic (exact) mass is 564 g/mol. The highest BCUT2D eigenvalue weighted by molar-refractivity contribution is 5.87. The van der Waals surface area contributed by atoms with E-state index in [-0.39, 0.29) is 17.9 Å². The first kappa shape index (κ1) is 29.6. The Hall–Kier alpha value is -3.41. The molecule has 3 heterocycles. The second-order valence-electron chi connectivity index (χ2n) is 10.4. The molecule has 218 valence electrons. The van der Waals surface area contributed by atoms with Gasteiger partial charge >= 0.3 is 12.1 Å². The van der Waals surface area contributed by atoms with Crippen molar-refractivity contribution in [3.05, 3.63) is 47.8 Å². The summed E-state index contributed by atoms with van der Waals surface area (Å²) in [6, 6.07) is 8.40. The molecule has 0 unspecified atom stereocenters. The van der Waals surface area contributed by atoms with Gasteiger partial charge in [-0.3, -0.25) is 4.79 Å². The minimum atomic E-state index is -4.56. The second kappa shape index (κ2) is 12.4. The lowest BCUT2D eigenvalue weighted by atomic mass is 9.91. The van der Waals surface area contributed by atoms with E-state index in [1.807, 2.05) is 31.2 Å². The number of anilines is 1. The van der Waals surface area contributed by atoms with Crippen LogP contribution in [-0.2, 0) is 31.7 Å². The van der Waals surface area contributed by atoms with Gasteiger partial charge in [-0.1, -0.05) is 12.1 Å². The summed E-state index contributed by atoms with van der Waals surface area (Å²) >= 11 is 0. The first-order valence-corrected chi connectivity index (χ1v) is 13.5. The number of cyclic esters (lactones) is 1. The number of nitrogens with one attached hydrogen (secondary N) is 1. The number of likely N-dealkylation sites (tertiary alicyclic amines) is 1. The number of halogens is 3. The molecule has 2 aliphatic rings. The van der Waals surface area contributed by atoms with Gasteiger partial charge in [0.25, 0.3) is 0 Å². The highest BCUT2D eigenvalue weighted by Gasteiger charge is 2.48. The molecular formula is C28H35F3N4O5. The van der Waals surface area contributed by atoms with Crippen LogP contribution in [0.25, 0.3) is 0 Å². The number of carbonyl (C=O) groups is 2. The highest BCUT2D eigenvalue weighted by atomic mass is 19.4. The van der Waals surface area contributed by atoms with E-state index in [2.05, 4.69) is 15.3 Å². The molecule has 0 spiro atoms. The maximum absolute atomic E-state index is 13.7. The van der Waals surface area contributed by atoms with Crippen LogP contribution in [0.5, 0.6) is 5.75 Å². The number of alkyl halides is 3. The van der Waals surface area contributed by atoms with Crippen molar-refractivity contribution < 1.29 is 37.0 Å². The SMILES string of the molecule is CCOc1ccc(CCC[C@@H](C(=O)N2CCC(Nc3nccc(C(F)(F)F)n3)CC2)[C@@H]2OC(C)(C)OC2=O)cc1. The maximum atomic E-state index is 13.7. The van der Waals surface area contributed by atoms with Crippen LogP contribution < -0.4 is 10.1 Å². The van der Waals surface area contributed by atoms with Gasteiger partial charge in [-0.2, -0.15) is 13.2 Å². The Morgan fingerprint density at radius 2 is 1.90 bits per heavy atom. The molecule has 2 atom stereocenters. The number of hydrogen-bond acceptors (Lipinski definition) is 8. The highest BCUT2D eigenvalue weighted by Crippen LogP contribution is 2.33. The quantitative estimate of drug-likeness (QED) is 0.418. The molecule has 0 aliphatic carbocycles. The molecule has 2 saturated heterocycles. The van der Waals surface area contributed by atoms with E-state index in [0.717, 1.165) is 23.6 Å². The average molecular weight is 565 g/mol. The summed E-state index contributed by atoms with van der Waals surface area (Å²) in [7, 11) is 0. The van der Waals surface area contributed by atoms with Crippen LogP contribution in [0.1, 0.15) is 57.7 Å². The van der Waals surface area contributed by atoms with E-state index in [4.69, 9.17) is 14.2 Å². The van der Waals surface area contributed by atoms with Crippen molar-refractivity contribution in [2.45, 2.75) is 77.0 Å². The minimum Gasteiger partial charge on any atom is -0.494 e. The smallest absolute Gasteiger partial charge is 0.433 e. The molecule has 9 nitrogen and oxygen atoms in total. The molecule has 0 saturated carbocycles. The average Bonchev–Trinajstić information content (AvgIpc) is 3.19. The molecule has 4 rings (SSSR count). The van der Waals surface area contributed by atoms with Crippen molar-refractivity contribution in [2.24, 2.45) is 5.92 Å². The second-order valence-corrected chi connectivity index (χ2v) is 10.4. The predicted octanol–water partition coefficient (Wildman–Crippen LogP) is 4.61. The van der Waals surface area contributed by atoms with Crippen LogP contribution >= 0.6 is 0 Å². The lowest BCUT2D eigenvalue weighted by Crippen LogP contribution is -2.48. The summed E-state index contributed by atoms with van der Waals surface area (Å²) < 4.78 is 55.7. The van der Waals surface area contributed by atoms with Gasteiger partial charge in [-0.25, -0.2) is 14.8 Å². The van der Waals surface area contributed by atoms with Gasteiger partial charge in [0.2, 0.25) is 17.6 Å². The van der Waals surface area contributed by atoms with Crippen molar-refractivity contribution in [2.75, 3.05) is 25.0 Å². The number of amides is 1. The number of aromatic nitrogens is 2. The normalized spacial score (nSPS) is 20.2. The van der Waals surface area contributed by atoms with E-state index < -0.39 is 35.6 Å². The number of aryl methyl sites for hydroxylation is 1. The van der Waals surface area contributed by atoms with Gasteiger partial charge in [0.05, 0.1) is 12.5 Å². The maximum Gasteiger partial charge on any atom is 0.433 e. The Bertz CT molecular complexity index is 1170. The molecule has 1 aromatic carbocycles. The van der Waals surface area contributed by atoms with Crippen molar-refractivity contribution >= 4 is 17.8 Å². The summed E-state index contributed by atoms with van der Waals surface area (Å²) in [6.45, 7) is 6.53. The molecule has 40 heavy (non-hydrogen) atoms. The summed E-state index contributed by atoms with van der Waals surface area (Å²) in [5, 5.41) is 2.95. The number of rotatable bonds is 10. The Morgan fingerprint density at radius 1 is 1.20 bits per heavy atom. The Kier molecular flexibility index (Phi) is 9.17. The van der Waals surface area contributed by atoms with Gasteiger partial charge in [0, 0.05) is 39.2 Å². The zero-order valence-corrected chi connectivity index (χ0v) is 22.9. The van der Waals surface area contributed by atoms with Gasteiger partial charge < -0.3 is 24.4 Å². The third-order valence-corrected chi connectivity index (χ3v) is 6.97. The molecule has 2 fully saturated rings. The van der Waals surface area contributed by atoms with E-state index >= 15 is 0 Å². The van der Waals surface area contributed by atoms with Gasteiger partial charge in [0.15, 0.2) is 6.10 Å². The van der Waals surface area contributed by atoms with Crippen LogP contribution in [-0.4, -0.2) is 64.4 Å². The third-order valence-electron chi connectivity index (χ3n) is 6.97. The predicted molar refractivity (Wildman–Crippen MR) is 139 cm³/mol. The Labute approximate surface area is 231 Å². The minimum absolute atomic E-state index is 0.101. The number of carbonyl (C=O) groups excluding carboxylic acids is 2. The molecule has 0 radical (unpaired) electrons. The first-order chi connectivity index (χ1) is 18.9. The van der Waals surface area contributed by atoms with Crippen LogP contribution in [0, 0.1) is 5.92 Å². The van der Waals surface area contributed by atoms with Crippen molar-refractivity contribution in [3.8, 4) is 5.75 Å². The summed E-state index contributed by atoms with van der Waals surface area (Å²) in [5.41, 5.74) is 0.0747. The molecule has 1 amide bonds. The molecule has 12 heteroatoms. The van der Waals surface area contributed by atoms with E-state index in [1.165, 1.54) is 0 Å². The van der Waals surface area contributed by atoms with E-state index in [9.17, 15) is 22.8 Å². The number of esters is 1. The molecule has 1 aromatic heterocycles. The van der Waals surface area contributed by atoms with Crippen molar-refractivity contribution in [1.29, 1.82) is 0 Å². The van der Waals surface area contributed by atoms with Crippen LogP contribution in [0.15, 0.2) is 36.5 Å². The summed E-state index contributed by atoms with van der Waals surface area (Å²) in [6.07, 6.45) is -1.72. The molecule has 1 N–H and O–H groups in total. The summed E-state index contributed by atoms with van der Waals surface area (Å²) in [5.74, 6) is -1.88. The molecular weight excluding hydrogens is 529 g/mol. The standard InChI is InChI=1S/C28H35F3N4O5/c1-4-38-20-10-8-18(9-11-20)6-5-7-21(23-25(37)40-27(2,3)39-23)24(36)35-16-13-19(14-17-35)33-26-32-15-12-22(34-26)28(29,30)31/h8-12,15,19,21,23H,4-7,13-14,16-17H2,1-3H3,(H,32,33,34)/t21-,23+/m1/s1. The third kappa shape index (κ3) is 7.61. The van der Waals surface area contributed by atoms with Crippen LogP contribution in [0.3, 0.4) is 0 Å². The fourth-order valence-corrected chi connectivity index (χ4v) is 5.02. The van der Waals surface area contributed by atoms with Crippen molar-refractivity contribution in [3.63, 3.8) is 0 Å². The number of piperidine rings is 1. The number of hydrogen-bond donors (Lipinski definition) is 1. The lowest BCUT2D eigenvalue weighted by Gasteiger charge is -2.35. The number of nitrogens with zero attached hydrogens (tertiary/aromatic N) is 3. The van der Waals surface area contributed by atoms with Crippen molar-refractivity contribution in [1.82, 2.24) is 14.9 Å². The van der Waals surface area contributed by atoms with Gasteiger partial charge in [-0.15, -0.1) is 0 Å². The molecule has 0 bridgehead atoms. The van der Waals surface area contributed by atoms with Gasteiger partial charge in [0.1, 0.15) is 11.4 Å². The van der Waals surface area contributed by atoms with E-state index in [1.54, 1.807) is 18.7 Å². The van der Waals surface area contributed by atoms with E-state index in [0.29, 0.717) is 51.8 Å². The Balaban J connectivity index is 1.37. The fraction of sp³-hybridized carbons (Fsp3) is 0.571. The largest absolute Gasteiger partial charge is 0.494 e. The van der Waals surface area contributed by atoms with Crippen LogP contribution in [0.4, 0.5) is 19.1 Å². The fourth-order valence-electron chi connectivity index (χ4n) is 5.02.